The van der Waals surface area contributed by atoms with Gasteiger partial charge in [0.2, 0.25) is 0 Å². The van der Waals surface area contributed by atoms with Crippen LogP contribution in [0.25, 0.3) is 0 Å². The molecule has 0 aromatic rings. The Morgan fingerprint density at radius 2 is 1.80 bits per heavy atom. The lowest BCUT2D eigenvalue weighted by Gasteiger charge is -2.39. The number of ether oxygens (including phenoxy) is 1. The summed E-state index contributed by atoms with van der Waals surface area (Å²) in [4.78, 5) is 0. The topological polar surface area (TPSA) is 33.0 Å². The molecule has 0 N–H and O–H groups in total. The summed E-state index contributed by atoms with van der Waals surface area (Å²) in [6.45, 7) is 10.0. The summed E-state index contributed by atoms with van der Waals surface area (Å²) in [5.41, 5.74) is 0.336. The van der Waals surface area contributed by atoms with Crippen molar-refractivity contribution in [3.63, 3.8) is 0 Å². The van der Waals surface area contributed by atoms with Gasteiger partial charge < -0.3 is 4.74 Å². The molecule has 0 amide bonds. The number of nitrogens with zero attached hydrogens (tertiary/aromatic N) is 1. The van der Waals surface area contributed by atoms with Gasteiger partial charge >= 0.3 is 0 Å². The first kappa shape index (κ1) is 17.5. The highest BCUT2D eigenvalue weighted by atomic mass is 16.5. The smallest absolute Gasteiger partial charge is 0.0736 e. The van der Waals surface area contributed by atoms with Gasteiger partial charge in [-0.2, -0.15) is 5.26 Å². The second-order valence-corrected chi connectivity index (χ2v) is 7.44. The highest BCUT2D eigenvalue weighted by Crippen LogP contribution is 2.40. The third-order valence-electron chi connectivity index (χ3n) is 4.76. The molecule has 0 spiro atoms. The summed E-state index contributed by atoms with van der Waals surface area (Å²) in [5.74, 6) is 0.807. The van der Waals surface area contributed by atoms with Crippen LogP contribution in [0.5, 0.6) is 0 Å². The summed E-state index contributed by atoms with van der Waals surface area (Å²) >= 11 is 0. The van der Waals surface area contributed by atoms with Crippen LogP contribution in [-0.4, -0.2) is 12.7 Å². The molecule has 116 valence electrons. The van der Waals surface area contributed by atoms with E-state index in [1.165, 1.54) is 32.1 Å². The van der Waals surface area contributed by atoms with Gasteiger partial charge in [-0.1, -0.05) is 53.4 Å². The molecule has 0 saturated heterocycles. The Morgan fingerprint density at radius 1 is 1.10 bits per heavy atom. The molecule has 0 radical (unpaired) electrons. The molecule has 0 aromatic heterocycles. The van der Waals surface area contributed by atoms with Crippen LogP contribution in [0.2, 0.25) is 0 Å². The minimum absolute atomic E-state index is 0.115. The van der Waals surface area contributed by atoms with Gasteiger partial charge in [-0.25, -0.2) is 0 Å². The fourth-order valence-electron chi connectivity index (χ4n) is 3.19. The van der Waals surface area contributed by atoms with Crippen LogP contribution in [0.15, 0.2) is 0 Å². The lowest BCUT2D eigenvalue weighted by molar-refractivity contribution is -0.0290. The summed E-state index contributed by atoms with van der Waals surface area (Å²) in [7, 11) is 0. The maximum atomic E-state index is 9.29. The molecule has 0 bridgehead atoms. The number of hydrogen-bond donors (Lipinski definition) is 0. The highest BCUT2D eigenvalue weighted by Gasteiger charge is 2.36. The van der Waals surface area contributed by atoms with Crippen LogP contribution < -0.4 is 0 Å². The normalized spacial score (nSPS) is 27.2. The molecule has 1 rings (SSSR count). The maximum Gasteiger partial charge on any atom is 0.0736 e. The summed E-state index contributed by atoms with van der Waals surface area (Å²) < 4.78 is 6.07. The van der Waals surface area contributed by atoms with E-state index in [0.717, 1.165) is 25.9 Å². The van der Waals surface area contributed by atoms with E-state index in [9.17, 15) is 5.26 Å². The first-order valence-corrected chi connectivity index (χ1v) is 8.50. The molecule has 0 aromatic carbocycles. The van der Waals surface area contributed by atoms with E-state index >= 15 is 0 Å². The summed E-state index contributed by atoms with van der Waals surface area (Å²) in [5, 5.41) is 9.29. The molecule has 0 heterocycles. The molecule has 2 nitrogen and oxygen atoms in total. The van der Waals surface area contributed by atoms with Gasteiger partial charge in [0.05, 0.1) is 18.1 Å². The fraction of sp³-hybridized carbons (Fsp3) is 0.944. The summed E-state index contributed by atoms with van der Waals surface area (Å²) in [6, 6.07) is 2.46. The standard InChI is InChI=1S/C18H33NO/c1-5-6-7-8-9-12-20-17-13-16(18(2,3)4)11-10-15(17)14-19/h15-17H,5-13H2,1-4H3. The van der Waals surface area contributed by atoms with Gasteiger partial charge in [0.1, 0.15) is 0 Å². The predicted molar refractivity (Wildman–Crippen MR) is 84.4 cm³/mol. The largest absolute Gasteiger partial charge is 0.377 e. The first-order valence-electron chi connectivity index (χ1n) is 8.50. The van der Waals surface area contributed by atoms with Crippen molar-refractivity contribution in [2.24, 2.45) is 17.3 Å². The van der Waals surface area contributed by atoms with E-state index < -0.39 is 0 Å². The molecule has 0 aliphatic heterocycles. The minimum atomic E-state index is 0.115. The average molecular weight is 279 g/mol. The van der Waals surface area contributed by atoms with E-state index in [4.69, 9.17) is 4.74 Å². The molecule has 1 aliphatic rings. The fourth-order valence-corrected chi connectivity index (χ4v) is 3.19. The zero-order valence-corrected chi connectivity index (χ0v) is 14.0. The minimum Gasteiger partial charge on any atom is -0.377 e. The van der Waals surface area contributed by atoms with Crippen LogP contribution in [0.4, 0.5) is 0 Å². The van der Waals surface area contributed by atoms with Crippen molar-refractivity contribution in [1.29, 1.82) is 5.26 Å². The Morgan fingerprint density at radius 3 is 2.40 bits per heavy atom. The van der Waals surface area contributed by atoms with Gasteiger partial charge in [-0.15, -0.1) is 0 Å². The molecular formula is C18H33NO. The zero-order valence-electron chi connectivity index (χ0n) is 14.0. The van der Waals surface area contributed by atoms with Gasteiger partial charge in [-0.05, 0) is 37.0 Å². The van der Waals surface area contributed by atoms with E-state index in [-0.39, 0.29) is 12.0 Å². The third kappa shape index (κ3) is 5.83. The van der Waals surface area contributed by atoms with Crippen molar-refractivity contribution in [2.45, 2.75) is 85.2 Å². The Bertz CT molecular complexity index is 300. The van der Waals surface area contributed by atoms with Crippen molar-refractivity contribution in [2.75, 3.05) is 6.61 Å². The van der Waals surface area contributed by atoms with E-state index in [1.54, 1.807) is 0 Å². The Labute approximate surface area is 125 Å². The molecule has 20 heavy (non-hydrogen) atoms. The maximum absolute atomic E-state index is 9.29. The van der Waals surface area contributed by atoms with Crippen molar-refractivity contribution in [1.82, 2.24) is 0 Å². The van der Waals surface area contributed by atoms with E-state index in [2.05, 4.69) is 33.8 Å². The van der Waals surface area contributed by atoms with Crippen molar-refractivity contribution >= 4 is 0 Å². The Hall–Kier alpha value is -0.550. The van der Waals surface area contributed by atoms with E-state index in [1.807, 2.05) is 0 Å². The molecule has 3 atom stereocenters. The Kier molecular flexibility index (Phi) is 7.59. The number of hydrogen-bond acceptors (Lipinski definition) is 2. The second kappa shape index (κ2) is 8.67. The number of nitriles is 1. The van der Waals surface area contributed by atoms with Crippen molar-refractivity contribution < 1.29 is 4.74 Å². The van der Waals surface area contributed by atoms with Gasteiger partial charge in [0, 0.05) is 6.61 Å². The van der Waals surface area contributed by atoms with E-state index in [0.29, 0.717) is 11.3 Å². The van der Waals surface area contributed by atoms with Gasteiger partial charge in [0.15, 0.2) is 0 Å². The van der Waals surface area contributed by atoms with Crippen molar-refractivity contribution in [3.8, 4) is 6.07 Å². The first-order chi connectivity index (χ1) is 9.49. The van der Waals surface area contributed by atoms with Crippen LogP contribution in [-0.2, 0) is 4.74 Å². The monoisotopic (exact) mass is 279 g/mol. The zero-order chi connectivity index (χ0) is 15.0. The second-order valence-electron chi connectivity index (χ2n) is 7.44. The van der Waals surface area contributed by atoms with Gasteiger partial charge in [-0.3, -0.25) is 0 Å². The van der Waals surface area contributed by atoms with Crippen LogP contribution in [0.3, 0.4) is 0 Å². The average Bonchev–Trinajstić information content (AvgIpc) is 2.41. The van der Waals surface area contributed by atoms with Crippen LogP contribution in [0.1, 0.15) is 79.1 Å². The third-order valence-corrected chi connectivity index (χ3v) is 4.76. The molecule has 1 aliphatic carbocycles. The number of unbranched alkanes of at least 4 members (excludes halogenated alkanes) is 4. The number of rotatable bonds is 7. The molecule has 3 unspecified atom stereocenters. The highest BCUT2D eigenvalue weighted by molar-refractivity contribution is 4.95. The van der Waals surface area contributed by atoms with Crippen LogP contribution in [0, 0.1) is 28.6 Å². The lowest BCUT2D eigenvalue weighted by Crippen LogP contribution is -2.36. The van der Waals surface area contributed by atoms with Gasteiger partial charge in [0.25, 0.3) is 0 Å². The molecule has 2 heteroatoms. The lowest BCUT2D eigenvalue weighted by atomic mass is 9.69. The Balaban J connectivity index is 2.34. The quantitative estimate of drug-likeness (QED) is 0.590. The molecular weight excluding hydrogens is 246 g/mol. The molecule has 1 fully saturated rings. The predicted octanol–water partition coefficient (Wildman–Crippen LogP) is 5.33. The SMILES string of the molecule is CCCCCCCOC1CC(C(C)(C)C)CCC1C#N. The van der Waals surface area contributed by atoms with Crippen LogP contribution >= 0.6 is 0 Å². The summed E-state index contributed by atoms with van der Waals surface area (Å²) in [6.07, 6.45) is 9.77. The van der Waals surface area contributed by atoms with Crippen molar-refractivity contribution in [3.05, 3.63) is 0 Å². The molecule has 1 saturated carbocycles.